The number of aryl methyl sites for hydroxylation is 1. The molecule has 1 unspecified atom stereocenters. The van der Waals surface area contributed by atoms with Gasteiger partial charge in [0.1, 0.15) is 0 Å². The zero-order valence-corrected chi connectivity index (χ0v) is 6.30. The van der Waals surface area contributed by atoms with Crippen LogP contribution in [-0.2, 0) is 7.05 Å². The Labute approximate surface area is 64.0 Å². The largest absolute Gasteiger partial charge is 0.396 e. The first-order valence-electron chi connectivity index (χ1n) is 3.32. The maximum atomic E-state index is 8.83. The average Bonchev–Trinajstić information content (AvgIpc) is 2.40. The van der Waals surface area contributed by atoms with Gasteiger partial charge in [-0.1, -0.05) is 0 Å². The van der Waals surface area contributed by atoms with Crippen molar-refractivity contribution in [1.29, 1.82) is 0 Å². The molecule has 1 rings (SSSR count). The number of tetrazole rings is 1. The Balaban J connectivity index is 2.81. The fourth-order valence-electron chi connectivity index (χ4n) is 0.844. The standard InChI is InChI=1S/C5H11N5O/c1-10-5(7-8-9-10)4(2-6)3-11/h4,11H,2-3,6H2,1H3. The van der Waals surface area contributed by atoms with Crippen molar-refractivity contribution >= 4 is 0 Å². The second-order valence-corrected chi connectivity index (χ2v) is 2.28. The third kappa shape index (κ3) is 1.52. The number of rotatable bonds is 3. The topological polar surface area (TPSA) is 89.9 Å². The van der Waals surface area contributed by atoms with E-state index in [1.807, 2.05) is 0 Å². The Morgan fingerprint density at radius 3 is 2.82 bits per heavy atom. The third-order valence-corrected chi connectivity index (χ3v) is 1.52. The molecule has 0 bridgehead atoms. The van der Waals surface area contributed by atoms with Crippen LogP contribution >= 0.6 is 0 Å². The summed E-state index contributed by atoms with van der Waals surface area (Å²) in [5.41, 5.74) is 5.37. The first-order chi connectivity index (χ1) is 5.29. The van der Waals surface area contributed by atoms with Crippen LogP contribution in [0.3, 0.4) is 0 Å². The lowest BCUT2D eigenvalue weighted by Crippen LogP contribution is -2.19. The third-order valence-electron chi connectivity index (χ3n) is 1.52. The maximum absolute atomic E-state index is 8.83. The number of hydrogen-bond acceptors (Lipinski definition) is 5. The van der Waals surface area contributed by atoms with Crippen LogP contribution in [0.1, 0.15) is 11.7 Å². The van der Waals surface area contributed by atoms with E-state index in [4.69, 9.17) is 10.8 Å². The molecule has 62 valence electrons. The molecule has 0 amide bonds. The minimum Gasteiger partial charge on any atom is -0.396 e. The van der Waals surface area contributed by atoms with Crippen molar-refractivity contribution in [2.24, 2.45) is 12.8 Å². The minimum absolute atomic E-state index is 0.0231. The molecule has 0 aliphatic heterocycles. The van der Waals surface area contributed by atoms with Crippen molar-refractivity contribution in [3.63, 3.8) is 0 Å². The number of aromatic nitrogens is 4. The lowest BCUT2D eigenvalue weighted by Gasteiger charge is -2.07. The fourth-order valence-corrected chi connectivity index (χ4v) is 0.844. The van der Waals surface area contributed by atoms with Crippen LogP contribution in [-0.4, -0.2) is 38.5 Å². The maximum Gasteiger partial charge on any atom is 0.157 e. The van der Waals surface area contributed by atoms with Gasteiger partial charge in [-0.2, -0.15) is 0 Å². The van der Waals surface area contributed by atoms with E-state index in [0.29, 0.717) is 12.4 Å². The number of aliphatic hydroxyl groups excluding tert-OH is 1. The van der Waals surface area contributed by atoms with Gasteiger partial charge in [-0.25, -0.2) is 4.68 Å². The zero-order valence-electron chi connectivity index (χ0n) is 6.30. The highest BCUT2D eigenvalue weighted by Gasteiger charge is 2.14. The van der Waals surface area contributed by atoms with Gasteiger partial charge in [-0.15, -0.1) is 5.10 Å². The van der Waals surface area contributed by atoms with Crippen LogP contribution in [0.5, 0.6) is 0 Å². The van der Waals surface area contributed by atoms with Crippen LogP contribution in [0.4, 0.5) is 0 Å². The summed E-state index contributed by atoms with van der Waals surface area (Å²) < 4.78 is 1.51. The second kappa shape index (κ2) is 3.40. The molecule has 0 saturated heterocycles. The van der Waals surface area contributed by atoms with Gasteiger partial charge in [0, 0.05) is 13.6 Å². The molecular formula is C5H11N5O. The van der Waals surface area contributed by atoms with Gasteiger partial charge in [0.15, 0.2) is 5.82 Å². The molecule has 0 radical (unpaired) electrons. The Kier molecular flexibility index (Phi) is 2.50. The number of aliphatic hydroxyl groups is 1. The monoisotopic (exact) mass is 157 g/mol. The van der Waals surface area contributed by atoms with E-state index in [0.717, 1.165) is 0 Å². The molecule has 0 saturated carbocycles. The van der Waals surface area contributed by atoms with E-state index in [-0.39, 0.29) is 12.5 Å². The Morgan fingerprint density at radius 2 is 2.45 bits per heavy atom. The molecule has 6 heteroatoms. The SMILES string of the molecule is Cn1nnnc1C(CN)CO. The van der Waals surface area contributed by atoms with Gasteiger partial charge < -0.3 is 10.8 Å². The first kappa shape index (κ1) is 8.09. The molecule has 0 aliphatic carbocycles. The lowest BCUT2D eigenvalue weighted by atomic mass is 10.1. The summed E-state index contributed by atoms with van der Waals surface area (Å²) in [5.74, 6) is 0.463. The Bertz CT molecular complexity index is 218. The summed E-state index contributed by atoms with van der Waals surface area (Å²) in [7, 11) is 1.72. The molecule has 1 aromatic heterocycles. The number of nitrogens with zero attached hydrogens (tertiary/aromatic N) is 4. The van der Waals surface area contributed by atoms with Crippen LogP contribution in [0, 0.1) is 0 Å². The van der Waals surface area contributed by atoms with E-state index in [9.17, 15) is 0 Å². The summed E-state index contributed by atoms with van der Waals surface area (Å²) in [6.07, 6.45) is 0. The smallest absolute Gasteiger partial charge is 0.157 e. The molecule has 11 heavy (non-hydrogen) atoms. The zero-order chi connectivity index (χ0) is 8.27. The molecule has 0 aliphatic rings. The predicted molar refractivity (Wildman–Crippen MR) is 37.7 cm³/mol. The van der Waals surface area contributed by atoms with Crippen molar-refractivity contribution in [1.82, 2.24) is 20.2 Å². The highest BCUT2D eigenvalue weighted by atomic mass is 16.3. The van der Waals surface area contributed by atoms with E-state index >= 15 is 0 Å². The molecule has 3 N–H and O–H groups in total. The fraction of sp³-hybridized carbons (Fsp3) is 0.800. The predicted octanol–water partition coefficient (Wildman–Crippen LogP) is -1.76. The number of hydrogen-bond donors (Lipinski definition) is 2. The lowest BCUT2D eigenvalue weighted by molar-refractivity contribution is 0.260. The van der Waals surface area contributed by atoms with E-state index < -0.39 is 0 Å². The summed E-state index contributed by atoms with van der Waals surface area (Å²) in [6.45, 7) is 0.329. The minimum atomic E-state index is -0.157. The summed E-state index contributed by atoms with van der Waals surface area (Å²) in [6, 6.07) is 0. The first-order valence-corrected chi connectivity index (χ1v) is 3.32. The average molecular weight is 157 g/mol. The molecule has 1 aromatic rings. The van der Waals surface area contributed by atoms with Crippen molar-refractivity contribution in [3.8, 4) is 0 Å². The van der Waals surface area contributed by atoms with Crippen LogP contribution in [0.25, 0.3) is 0 Å². The van der Waals surface area contributed by atoms with Crippen LogP contribution in [0.2, 0.25) is 0 Å². The summed E-state index contributed by atoms with van der Waals surface area (Å²) in [4.78, 5) is 0. The molecular weight excluding hydrogens is 146 g/mol. The Hall–Kier alpha value is -1.01. The Morgan fingerprint density at radius 1 is 1.73 bits per heavy atom. The molecule has 0 spiro atoms. The van der Waals surface area contributed by atoms with Gasteiger partial charge in [0.25, 0.3) is 0 Å². The van der Waals surface area contributed by atoms with Gasteiger partial charge in [0.2, 0.25) is 0 Å². The van der Waals surface area contributed by atoms with Gasteiger partial charge >= 0.3 is 0 Å². The quantitative estimate of drug-likeness (QED) is 0.542. The molecule has 1 atom stereocenters. The second-order valence-electron chi connectivity index (χ2n) is 2.28. The summed E-state index contributed by atoms with van der Waals surface area (Å²) in [5, 5.41) is 19.6. The van der Waals surface area contributed by atoms with Gasteiger partial charge in [-0.3, -0.25) is 0 Å². The summed E-state index contributed by atoms with van der Waals surface area (Å²) >= 11 is 0. The molecule has 0 fully saturated rings. The van der Waals surface area contributed by atoms with E-state index in [1.165, 1.54) is 4.68 Å². The van der Waals surface area contributed by atoms with Crippen molar-refractivity contribution in [2.75, 3.05) is 13.2 Å². The molecule has 1 heterocycles. The van der Waals surface area contributed by atoms with Crippen LogP contribution in [0.15, 0.2) is 0 Å². The van der Waals surface area contributed by atoms with Crippen molar-refractivity contribution in [2.45, 2.75) is 5.92 Å². The van der Waals surface area contributed by atoms with Gasteiger partial charge in [-0.05, 0) is 10.4 Å². The highest BCUT2D eigenvalue weighted by molar-refractivity contribution is 4.93. The van der Waals surface area contributed by atoms with Crippen molar-refractivity contribution < 1.29 is 5.11 Å². The van der Waals surface area contributed by atoms with Crippen LogP contribution < -0.4 is 5.73 Å². The van der Waals surface area contributed by atoms with Gasteiger partial charge in [0.05, 0.1) is 12.5 Å². The molecule has 6 nitrogen and oxygen atoms in total. The van der Waals surface area contributed by atoms with Crippen molar-refractivity contribution in [3.05, 3.63) is 5.82 Å². The normalized spacial score (nSPS) is 13.4. The number of nitrogens with two attached hydrogens (primary N) is 1. The molecule has 0 aromatic carbocycles. The van der Waals surface area contributed by atoms with E-state index in [1.54, 1.807) is 7.05 Å². The van der Waals surface area contributed by atoms with E-state index in [2.05, 4.69) is 15.5 Å². The highest BCUT2D eigenvalue weighted by Crippen LogP contribution is 2.06.